The molecule has 1 unspecified atom stereocenters. The minimum atomic E-state index is -0.184. The molecule has 1 atom stereocenters. The van der Waals surface area contributed by atoms with E-state index in [0.29, 0.717) is 5.56 Å². The predicted octanol–water partition coefficient (Wildman–Crippen LogP) is 4.07. The fourth-order valence-corrected chi connectivity index (χ4v) is 2.20. The summed E-state index contributed by atoms with van der Waals surface area (Å²) in [6, 6.07) is 8.76. The molecular formula is C14H15BrFNO. The second kappa shape index (κ2) is 6.16. The number of halogens is 2. The van der Waals surface area contributed by atoms with Crippen LogP contribution in [0.1, 0.15) is 24.3 Å². The van der Waals surface area contributed by atoms with E-state index in [2.05, 4.69) is 21.2 Å². The zero-order valence-corrected chi connectivity index (χ0v) is 11.7. The molecule has 18 heavy (non-hydrogen) atoms. The van der Waals surface area contributed by atoms with Gasteiger partial charge in [-0.3, -0.25) is 0 Å². The number of hydrogen-bond acceptors (Lipinski definition) is 2. The first-order chi connectivity index (χ1) is 8.66. The van der Waals surface area contributed by atoms with Crippen LogP contribution in [-0.4, -0.2) is 6.54 Å². The second-order valence-electron chi connectivity index (χ2n) is 4.17. The summed E-state index contributed by atoms with van der Waals surface area (Å²) in [7, 11) is 0. The smallest absolute Gasteiger partial charge is 0.128 e. The lowest BCUT2D eigenvalue weighted by atomic mass is 10.1. The van der Waals surface area contributed by atoms with Crippen LogP contribution >= 0.6 is 15.9 Å². The summed E-state index contributed by atoms with van der Waals surface area (Å²) in [4.78, 5) is 0. The van der Waals surface area contributed by atoms with Gasteiger partial charge in [-0.15, -0.1) is 0 Å². The summed E-state index contributed by atoms with van der Waals surface area (Å²) in [5.41, 5.74) is 0.670. The van der Waals surface area contributed by atoms with Crippen molar-refractivity contribution >= 4 is 15.9 Å². The molecule has 2 rings (SSSR count). The quantitative estimate of drug-likeness (QED) is 0.900. The fourth-order valence-electron chi connectivity index (χ4n) is 1.82. The minimum Gasteiger partial charge on any atom is -0.469 e. The monoisotopic (exact) mass is 311 g/mol. The molecular weight excluding hydrogens is 297 g/mol. The molecule has 0 aliphatic heterocycles. The Morgan fingerprint density at radius 3 is 2.94 bits per heavy atom. The highest BCUT2D eigenvalue weighted by molar-refractivity contribution is 9.10. The molecule has 96 valence electrons. The van der Waals surface area contributed by atoms with E-state index in [-0.39, 0.29) is 11.9 Å². The summed E-state index contributed by atoms with van der Waals surface area (Å²) >= 11 is 3.35. The third kappa shape index (κ3) is 3.43. The van der Waals surface area contributed by atoms with Gasteiger partial charge in [-0.05, 0) is 37.3 Å². The Hall–Kier alpha value is -1.13. The third-order valence-corrected chi connectivity index (χ3v) is 3.32. The van der Waals surface area contributed by atoms with Gasteiger partial charge in [0, 0.05) is 29.0 Å². The van der Waals surface area contributed by atoms with Gasteiger partial charge in [0.15, 0.2) is 0 Å². The van der Waals surface area contributed by atoms with Crippen LogP contribution in [0.5, 0.6) is 0 Å². The predicted molar refractivity (Wildman–Crippen MR) is 72.9 cm³/mol. The normalized spacial score (nSPS) is 12.6. The maximum absolute atomic E-state index is 13.6. The van der Waals surface area contributed by atoms with E-state index in [0.717, 1.165) is 23.2 Å². The van der Waals surface area contributed by atoms with Crippen molar-refractivity contribution < 1.29 is 8.81 Å². The van der Waals surface area contributed by atoms with E-state index in [9.17, 15) is 4.39 Å². The lowest BCUT2D eigenvalue weighted by Crippen LogP contribution is -2.22. The summed E-state index contributed by atoms with van der Waals surface area (Å²) in [5.74, 6) is 0.751. The molecule has 1 heterocycles. The van der Waals surface area contributed by atoms with E-state index in [4.69, 9.17) is 4.42 Å². The van der Waals surface area contributed by atoms with Crippen molar-refractivity contribution in [3.8, 4) is 0 Å². The van der Waals surface area contributed by atoms with E-state index >= 15 is 0 Å². The lowest BCUT2D eigenvalue weighted by molar-refractivity contribution is 0.479. The highest BCUT2D eigenvalue weighted by Gasteiger charge is 2.10. The van der Waals surface area contributed by atoms with Gasteiger partial charge in [-0.2, -0.15) is 0 Å². The lowest BCUT2D eigenvalue weighted by Gasteiger charge is -2.15. The Morgan fingerprint density at radius 2 is 2.22 bits per heavy atom. The van der Waals surface area contributed by atoms with Gasteiger partial charge in [0.25, 0.3) is 0 Å². The summed E-state index contributed by atoms with van der Waals surface area (Å²) in [6.45, 7) is 2.70. The van der Waals surface area contributed by atoms with E-state index < -0.39 is 0 Å². The molecule has 4 heteroatoms. The molecule has 0 aliphatic carbocycles. The van der Waals surface area contributed by atoms with Gasteiger partial charge < -0.3 is 9.73 Å². The van der Waals surface area contributed by atoms with Crippen LogP contribution in [0.4, 0.5) is 4.39 Å². The number of furan rings is 1. The van der Waals surface area contributed by atoms with Crippen LogP contribution in [0.15, 0.2) is 45.5 Å². The van der Waals surface area contributed by atoms with Gasteiger partial charge in [0.05, 0.1) is 6.26 Å². The van der Waals surface area contributed by atoms with Gasteiger partial charge in [-0.1, -0.05) is 15.9 Å². The van der Waals surface area contributed by atoms with E-state index in [1.165, 1.54) is 6.07 Å². The van der Waals surface area contributed by atoms with Crippen molar-refractivity contribution in [2.24, 2.45) is 0 Å². The number of rotatable bonds is 5. The van der Waals surface area contributed by atoms with Gasteiger partial charge >= 0.3 is 0 Å². The zero-order valence-electron chi connectivity index (χ0n) is 10.1. The molecule has 0 radical (unpaired) electrons. The summed E-state index contributed by atoms with van der Waals surface area (Å²) in [5, 5.41) is 3.28. The Morgan fingerprint density at radius 1 is 1.39 bits per heavy atom. The van der Waals surface area contributed by atoms with Crippen LogP contribution in [0.25, 0.3) is 0 Å². The third-order valence-electron chi connectivity index (χ3n) is 2.83. The Kier molecular flexibility index (Phi) is 4.55. The van der Waals surface area contributed by atoms with Crippen molar-refractivity contribution in [3.63, 3.8) is 0 Å². The highest BCUT2D eigenvalue weighted by atomic mass is 79.9. The molecule has 0 amide bonds. The first-order valence-electron chi connectivity index (χ1n) is 5.87. The van der Waals surface area contributed by atoms with Crippen molar-refractivity contribution in [2.75, 3.05) is 6.54 Å². The Labute approximate surface area is 114 Å². The van der Waals surface area contributed by atoms with Gasteiger partial charge in [0.2, 0.25) is 0 Å². The van der Waals surface area contributed by atoms with Crippen LogP contribution in [0, 0.1) is 5.82 Å². The zero-order chi connectivity index (χ0) is 13.0. The molecule has 2 aromatic rings. The average Bonchev–Trinajstić information content (AvgIpc) is 2.85. The van der Waals surface area contributed by atoms with Gasteiger partial charge in [-0.25, -0.2) is 4.39 Å². The number of hydrogen-bond donors (Lipinski definition) is 1. The first-order valence-corrected chi connectivity index (χ1v) is 6.67. The Bertz CT molecular complexity index is 499. The Balaban J connectivity index is 1.91. The SMILES string of the molecule is CC(NCCc1ccco1)c1cc(Br)ccc1F. The second-order valence-corrected chi connectivity index (χ2v) is 5.09. The van der Waals surface area contributed by atoms with Crippen LogP contribution < -0.4 is 5.32 Å². The molecule has 1 aromatic heterocycles. The van der Waals surface area contributed by atoms with Crippen LogP contribution in [0.3, 0.4) is 0 Å². The fraction of sp³-hybridized carbons (Fsp3) is 0.286. The van der Waals surface area contributed by atoms with Crippen LogP contribution in [0.2, 0.25) is 0 Å². The molecule has 1 aromatic carbocycles. The van der Waals surface area contributed by atoms with Crippen molar-refractivity contribution in [1.29, 1.82) is 0 Å². The number of nitrogens with one attached hydrogen (secondary N) is 1. The van der Waals surface area contributed by atoms with Crippen molar-refractivity contribution in [1.82, 2.24) is 5.32 Å². The van der Waals surface area contributed by atoms with Crippen molar-refractivity contribution in [3.05, 3.63) is 58.2 Å². The van der Waals surface area contributed by atoms with Crippen molar-refractivity contribution in [2.45, 2.75) is 19.4 Å². The largest absolute Gasteiger partial charge is 0.469 e. The molecule has 2 nitrogen and oxygen atoms in total. The van der Waals surface area contributed by atoms with Crippen LogP contribution in [-0.2, 0) is 6.42 Å². The number of benzene rings is 1. The molecule has 0 bridgehead atoms. The average molecular weight is 312 g/mol. The highest BCUT2D eigenvalue weighted by Crippen LogP contribution is 2.21. The molecule has 0 fully saturated rings. The molecule has 0 saturated heterocycles. The summed E-state index contributed by atoms with van der Waals surface area (Å²) in [6.07, 6.45) is 2.46. The van der Waals surface area contributed by atoms with E-state index in [1.807, 2.05) is 19.1 Å². The summed E-state index contributed by atoms with van der Waals surface area (Å²) < 4.78 is 19.8. The van der Waals surface area contributed by atoms with Gasteiger partial charge in [0.1, 0.15) is 11.6 Å². The maximum Gasteiger partial charge on any atom is 0.128 e. The first kappa shape index (κ1) is 13.3. The molecule has 0 aliphatic rings. The van der Waals surface area contributed by atoms with E-state index in [1.54, 1.807) is 18.4 Å². The molecule has 1 N–H and O–H groups in total. The standard InChI is InChI=1S/C14H15BrFNO/c1-10(13-9-11(15)4-5-14(13)16)17-7-6-12-3-2-8-18-12/h2-5,8-10,17H,6-7H2,1H3. The topological polar surface area (TPSA) is 25.2 Å². The minimum absolute atomic E-state index is 0.0301. The molecule has 0 saturated carbocycles. The maximum atomic E-state index is 13.6. The molecule has 0 spiro atoms.